The molecule has 0 spiro atoms. The van der Waals surface area contributed by atoms with Crippen LogP contribution in [0.3, 0.4) is 0 Å². The summed E-state index contributed by atoms with van der Waals surface area (Å²) >= 11 is 6.02. The normalized spacial score (nSPS) is 17.8. The molecule has 9 heteroatoms. The molecule has 34 heavy (non-hydrogen) atoms. The van der Waals surface area contributed by atoms with Crippen molar-refractivity contribution in [2.75, 3.05) is 12.0 Å². The molecule has 3 aromatic rings. The number of aliphatic hydroxyl groups is 1. The number of alkyl halides is 3. The number of Topliss-reactive ketones (excluding diaryl/α,β-unsaturated/α-hetero) is 1. The van der Waals surface area contributed by atoms with Gasteiger partial charge in [-0.25, -0.2) is 0 Å². The summed E-state index contributed by atoms with van der Waals surface area (Å²) in [5.41, 5.74) is -0.804. The van der Waals surface area contributed by atoms with Gasteiger partial charge in [0.1, 0.15) is 11.5 Å². The third-order valence-electron chi connectivity index (χ3n) is 5.43. The number of carbonyl (C=O) groups excluding carboxylic acids is 2. The summed E-state index contributed by atoms with van der Waals surface area (Å²) in [6, 6.07) is 15.3. The van der Waals surface area contributed by atoms with Gasteiger partial charge in [-0.1, -0.05) is 41.9 Å². The Labute approximate surface area is 197 Å². The molecule has 0 aliphatic carbocycles. The van der Waals surface area contributed by atoms with E-state index in [1.54, 1.807) is 36.4 Å². The number of halogens is 4. The highest BCUT2D eigenvalue weighted by atomic mass is 35.5. The van der Waals surface area contributed by atoms with Crippen molar-refractivity contribution in [2.24, 2.45) is 0 Å². The van der Waals surface area contributed by atoms with Gasteiger partial charge in [0.2, 0.25) is 0 Å². The molecule has 4 rings (SSSR count). The number of nitrogens with zero attached hydrogens (tertiary/aromatic N) is 1. The molecule has 0 aromatic heterocycles. The van der Waals surface area contributed by atoms with Crippen molar-refractivity contribution in [1.29, 1.82) is 0 Å². The van der Waals surface area contributed by atoms with E-state index in [1.807, 2.05) is 0 Å². The highest BCUT2D eigenvalue weighted by Gasteiger charge is 2.47. The van der Waals surface area contributed by atoms with Gasteiger partial charge in [0.05, 0.1) is 24.3 Å². The van der Waals surface area contributed by atoms with Gasteiger partial charge in [-0.2, -0.15) is 13.2 Å². The van der Waals surface area contributed by atoms with E-state index < -0.39 is 35.2 Å². The van der Waals surface area contributed by atoms with Gasteiger partial charge in [0.25, 0.3) is 11.7 Å². The fourth-order valence-corrected chi connectivity index (χ4v) is 4.01. The van der Waals surface area contributed by atoms with Crippen molar-refractivity contribution in [3.05, 3.63) is 100 Å². The van der Waals surface area contributed by atoms with Gasteiger partial charge in [-0.15, -0.1) is 0 Å². The Morgan fingerprint density at radius 1 is 1.00 bits per heavy atom. The molecule has 1 unspecified atom stereocenters. The number of amides is 1. The van der Waals surface area contributed by atoms with E-state index >= 15 is 0 Å². The highest BCUT2D eigenvalue weighted by Crippen LogP contribution is 2.43. The number of rotatable bonds is 4. The Balaban J connectivity index is 1.95. The van der Waals surface area contributed by atoms with Crippen LogP contribution < -0.4 is 9.64 Å². The fraction of sp³-hybridized carbons (Fsp3) is 0.120. The van der Waals surface area contributed by atoms with Crippen LogP contribution in [-0.4, -0.2) is 23.9 Å². The van der Waals surface area contributed by atoms with E-state index in [0.717, 1.165) is 23.1 Å². The molecule has 174 valence electrons. The van der Waals surface area contributed by atoms with Gasteiger partial charge in [0.15, 0.2) is 0 Å². The number of methoxy groups -OCH3 is 1. The Morgan fingerprint density at radius 3 is 2.29 bits per heavy atom. The number of benzene rings is 3. The number of carbonyl (C=O) groups is 2. The van der Waals surface area contributed by atoms with E-state index in [4.69, 9.17) is 16.3 Å². The van der Waals surface area contributed by atoms with Crippen molar-refractivity contribution in [1.82, 2.24) is 0 Å². The average molecular weight is 488 g/mol. The maximum atomic E-state index is 13.4. The smallest absolute Gasteiger partial charge is 0.416 e. The fourth-order valence-electron chi connectivity index (χ4n) is 3.82. The first-order valence-corrected chi connectivity index (χ1v) is 10.4. The van der Waals surface area contributed by atoms with Crippen LogP contribution in [-0.2, 0) is 15.8 Å². The summed E-state index contributed by atoms with van der Waals surface area (Å²) in [7, 11) is 1.46. The summed E-state index contributed by atoms with van der Waals surface area (Å²) in [6.45, 7) is 0. The molecule has 1 N–H and O–H groups in total. The monoisotopic (exact) mass is 487 g/mol. The second-order valence-corrected chi connectivity index (χ2v) is 7.94. The molecule has 1 heterocycles. The van der Waals surface area contributed by atoms with Crippen LogP contribution in [0.25, 0.3) is 5.76 Å². The molecule has 3 aromatic carbocycles. The van der Waals surface area contributed by atoms with Crippen molar-refractivity contribution in [3.8, 4) is 5.75 Å². The number of ether oxygens (including phenoxy) is 1. The molecular weight excluding hydrogens is 471 g/mol. The Hall–Kier alpha value is -3.78. The summed E-state index contributed by atoms with van der Waals surface area (Å²) in [5.74, 6) is -2.09. The molecule has 1 aliphatic rings. The Kier molecular flexibility index (Phi) is 6.10. The standard InChI is InChI=1S/C25H17ClF3NO4/c1-34-19-10-8-14(9-11-19)21-20(22(31)15-4-2-6-17(26)12-15)23(32)24(33)30(21)18-7-3-5-16(13-18)25(27,28)29/h2-13,21,31H,1H3/b22-20+. The molecular formula is C25H17ClF3NO4. The van der Waals surface area contributed by atoms with Crippen molar-refractivity contribution < 1.29 is 32.6 Å². The second kappa shape index (κ2) is 8.87. The summed E-state index contributed by atoms with van der Waals surface area (Å²) in [4.78, 5) is 27.1. The van der Waals surface area contributed by atoms with Crippen LogP contribution in [0.15, 0.2) is 78.4 Å². The van der Waals surface area contributed by atoms with Gasteiger partial charge >= 0.3 is 6.18 Å². The molecule has 0 radical (unpaired) electrons. The predicted molar refractivity (Wildman–Crippen MR) is 121 cm³/mol. The lowest BCUT2D eigenvalue weighted by atomic mass is 9.95. The number of hydrogen-bond acceptors (Lipinski definition) is 4. The van der Waals surface area contributed by atoms with Crippen molar-refractivity contribution in [3.63, 3.8) is 0 Å². The number of anilines is 1. The molecule has 1 amide bonds. The first kappa shape index (κ1) is 23.4. The van der Waals surface area contributed by atoms with E-state index in [1.165, 1.54) is 25.3 Å². The third kappa shape index (κ3) is 4.24. The molecule has 1 saturated heterocycles. The van der Waals surface area contributed by atoms with Gasteiger partial charge in [0, 0.05) is 16.3 Å². The second-order valence-electron chi connectivity index (χ2n) is 7.50. The first-order chi connectivity index (χ1) is 16.1. The number of aliphatic hydroxyl groups excluding tert-OH is 1. The lowest BCUT2D eigenvalue weighted by molar-refractivity contribution is -0.137. The van der Waals surface area contributed by atoms with Crippen LogP contribution in [0.5, 0.6) is 5.75 Å². The molecule has 5 nitrogen and oxygen atoms in total. The predicted octanol–water partition coefficient (Wildman–Crippen LogP) is 5.99. The van der Waals surface area contributed by atoms with Crippen LogP contribution in [0.2, 0.25) is 5.02 Å². The van der Waals surface area contributed by atoms with Crippen LogP contribution in [0, 0.1) is 0 Å². The quantitative estimate of drug-likeness (QED) is 0.279. The molecule has 1 aliphatic heterocycles. The maximum Gasteiger partial charge on any atom is 0.416 e. The van der Waals surface area contributed by atoms with Gasteiger partial charge in [-0.05, 0) is 48.0 Å². The van der Waals surface area contributed by atoms with E-state index in [0.29, 0.717) is 11.3 Å². The van der Waals surface area contributed by atoms with Crippen molar-refractivity contribution >= 4 is 34.7 Å². The zero-order valence-electron chi connectivity index (χ0n) is 17.6. The van der Waals surface area contributed by atoms with Gasteiger partial charge < -0.3 is 9.84 Å². The van der Waals surface area contributed by atoms with E-state index in [2.05, 4.69) is 0 Å². The molecule has 0 bridgehead atoms. The van der Waals surface area contributed by atoms with Crippen molar-refractivity contribution in [2.45, 2.75) is 12.2 Å². The minimum Gasteiger partial charge on any atom is -0.507 e. The number of hydrogen-bond donors (Lipinski definition) is 1. The largest absolute Gasteiger partial charge is 0.507 e. The Morgan fingerprint density at radius 2 is 1.68 bits per heavy atom. The van der Waals surface area contributed by atoms with Crippen LogP contribution >= 0.6 is 11.6 Å². The zero-order chi connectivity index (χ0) is 24.6. The highest BCUT2D eigenvalue weighted by molar-refractivity contribution is 6.51. The minimum atomic E-state index is -4.65. The van der Waals surface area contributed by atoms with E-state index in [-0.39, 0.29) is 21.8 Å². The minimum absolute atomic E-state index is 0.136. The lowest BCUT2D eigenvalue weighted by Gasteiger charge is -2.26. The topological polar surface area (TPSA) is 66.8 Å². The zero-order valence-corrected chi connectivity index (χ0v) is 18.4. The van der Waals surface area contributed by atoms with Crippen LogP contribution in [0.1, 0.15) is 22.7 Å². The number of ketones is 1. The molecule has 1 fully saturated rings. The molecule has 0 saturated carbocycles. The summed E-state index contributed by atoms with van der Waals surface area (Å²) in [6.07, 6.45) is -4.65. The Bertz CT molecular complexity index is 1300. The first-order valence-electron chi connectivity index (χ1n) is 10.00. The van der Waals surface area contributed by atoms with Gasteiger partial charge in [-0.3, -0.25) is 14.5 Å². The average Bonchev–Trinajstić information content (AvgIpc) is 3.08. The summed E-state index contributed by atoms with van der Waals surface area (Å²) < 4.78 is 45.2. The maximum absolute atomic E-state index is 13.4. The lowest BCUT2D eigenvalue weighted by Crippen LogP contribution is -2.29. The van der Waals surface area contributed by atoms with Crippen LogP contribution in [0.4, 0.5) is 18.9 Å². The summed E-state index contributed by atoms with van der Waals surface area (Å²) in [5, 5.41) is 11.3. The molecule has 1 atom stereocenters. The van der Waals surface area contributed by atoms with E-state index in [9.17, 15) is 27.9 Å². The third-order valence-corrected chi connectivity index (χ3v) is 5.66. The SMILES string of the molecule is COc1ccc(C2/C(=C(\O)c3cccc(Cl)c3)C(=O)C(=O)N2c2cccc(C(F)(F)F)c2)cc1.